The number of imidazole rings is 1. The molecule has 0 spiro atoms. The van der Waals surface area contributed by atoms with Crippen molar-refractivity contribution in [3.8, 4) is 17.2 Å². The fourth-order valence-electron chi connectivity index (χ4n) is 3.26. The van der Waals surface area contributed by atoms with Crippen molar-refractivity contribution < 1.29 is 0 Å². The van der Waals surface area contributed by atoms with E-state index in [0.717, 1.165) is 41.1 Å². The summed E-state index contributed by atoms with van der Waals surface area (Å²) < 4.78 is 2.22. The summed E-state index contributed by atoms with van der Waals surface area (Å²) in [4.78, 5) is 8.99. The van der Waals surface area contributed by atoms with Crippen LogP contribution in [0.4, 0.5) is 0 Å². The van der Waals surface area contributed by atoms with Gasteiger partial charge in [0, 0.05) is 19.2 Å². The summed E-state index contributed by atoms with van der Waals surface area (Å²) in [5.41, 5.74) is 5.76. The molecule has 0 bridgehead atoms. The van der Waals surface area contributed by atoms with Gasteiger partial charge in [-0.15, -0.1) is 0 Å². The smallest absolute Gasteiger partial charge is 0.177 e. The number of fused-ring (bicyclic) bond motifs is 1. The van der Waals surface area contributed by atoms with E-state index >= 15 is 0 Å². The van der Waals surface area contributed by atoms with Crippen LogP contribution in [0.5, 0.6) is 0 Å². The van der Waals surface area contributed by atoms with Crippen LogP contribution in [0.2, 0.25) is 0 Å². The van der Waals surface area contributed by atoms with Crippen LogP contribution >= 0.6 is 0 Å². The predicted octanol–water partition coefficient (Wildman–Crippen LogP) is 4.58. The first-order chi connectivity index (χ1) is 12.8. The lowest BCUT2D eigenvalue weighted by Crippen LogP contribution is -2.04. The second-order valence-electron chi connectivity index (χ2n) is 6.17. The molecule has 4 rings (SSSR count). The normalized spacial score (nSPS) is 10.8. The molecule has 0 aliphatic rings. The molecule has 0 radical (unpaired) electrons. The first-order valence-electron chi connectivity index (χ1n) is 8.68. The molecule has 0 aliphatic carbocycles. The Morgan fingerprint density at radius 3 is 2.58 bits per heavy atom. The molecule has 4 heteroatoms. The molecule has 0 amide bonds. The Hall–Kier alpha value is -3.45. The lowest BCUT2D eigenvalue weighted by Gasteiger charge is -2.10. The van der Waals surface area contributed by atoms with Crippen molar-refractivity contribution in [3.63, 3.8) is 0 Å². The maximum Gasteiger partial charge on any atom is 0.177 e. The topological polar surface area (TPSA) is 54.5 Å². The summed E-state index contributed by atoms with van der Waals surface area (Å²) in [6, 6.07) is 22.3. The minimum Gasteiger partial charge on any atom is -0.322 e. The second-order valence-corrected chi connectivity index (χ2v) is 6.17. The van der Waals surface area contributed by atoms with Crippen LogP contribution in [0.3, 0.4) is 0 Å². The number of hydrogen-bond acceptors (Lipinski definition) is 3. The molecule has 0 N–H and O–H groups in total. The number of pyridine rings is 1. The molecule has 0 saturated heterocycles. The van der Waals surface area contributed by atoms with E-state index in [9.17, 15) is 5.26 Å². The molecular weight excluding hydrogens is 320 g/mol. The second kappa shape index (κ2) is 6.81. The summed E-state index contributed by atoms with van der Waals surface area (Å²) >= 11 is 0. The Labute approximate surface area is 152 Å². The fourth-order valence-corrected chi connectivity index (χ4v) is 3.26. The van der Waals surface area contributed by atoms with Crippen LogP contribution in [-0.4, -0.2) is 14.5 Å². The van der Waals surface area contributed by atoms with Gasteiger partial charge in [0.1, 0.15) is 5.82 Å². The third-order valence-electron chi connectivity index (χ3n) is 4.57. The quantitative estimate of drug-likeness (QED) is 0.547. The average Bonchev–Trinajstić information content (AvgIpc) is 3.06. The highest BCUT2D eigenvalue weighted by atomic mass is 15.1. The third-order valence-corrected chi connectivity index (χ3v) is 4.57. The molecule has 0 aliphatic heterocycles. The number of benzene rings is 2. The Bertz CT molecular complexity index is 1100. The molecule has 0 atom stereocenters. The van der Waals surface area contributed by atoms with E-state index < -0.39 is 0 Å². The lowest BCUT2D eigenvalue weighted by atomic mass is 9.99. The van der Waals surface area contributed by atoms with Gasteiger partial charge in [0.2, 0.25) is 0 Å². The number of nitrogens with zero attached hydrogens (tertiary/aromatic N) is 4. The van der Waals surface area contributed by atoms with E-state index in [0.29, 0.717) is 5.56 Å². The zero-order chi connectivity index (χ0) is 17.9. The summed E-state index contributed by atoms with van der Waals surface area (Å²) in [5, 5.41) is 9.30. The summed E-state index contributed by atoms with van der Waals surface area (Å²) in [7, 11) is 0. The van der Waals surface area contributed by atoms with Crippen molar-refractivity contribution in [1.29, 1.82) is 5.26 Å². The molecule has 4 nitrogen and oxygen atoms in total. The molecule has 2 aromatic heterocycles. The van der Waals surface area contributed by atoms with Gasteiger partial charge in [-0.3, -0.25) is 0 Å². The van der Waals surface area contributed by atoms with Crippen LogP contribution in [0.15, 0.2) is 66.9 Å². The Morgan fingerprint density at radius 1 is 1.00 bits per heavy atom. The first-order valence-corrected chi connectivity index (χ1v) is 8.68. The monoisotopic (exact) mass is 338 g/mol. The van der Waals surface area contributed by atoms with Crippen molar-refractivity contribution >= 4 is 11.2 Å². The molecular formula is C22H18N4. The summed E-state index contributed by atoms with van der Waals surface area (Å²) in [6.07, 6.45) is 2.64. The van der Waals surface area contributed by atoms with Crippen LogP contribution in [0.25, 0.3) is 22.3 Å². The largest absolute Gasteiger partial charge is 0.322 e. The summed E-state index contributed by atoms with van der Waals surface area (Å²) in [6.45, 7) is 2.87. The highest BCUT2D eigenvalue weighted by Crippen LogP contribution is 2.24. The lowest BCUT2D eigenvalue weighted by molar-refractivity contribution is 0.753. The minimum atomic E-state index is 0.695. The molecule has 0 unspecified atom stereocenters. The highest BCUT2D eigenvalue weighted by molar-refractivity contribution is 5.72. The van der Waals surface area contributed by atoms with E-state index in [-0.39, 0.29) is 0 Å². The maximum atomic E-state index is 9.30. The highest BCUT2D eigenvalue weighted by Gasteiger charge is 2.10. The van der Waals surface area contributed by atoms with Crippen LogP contribution in [-0.2, 0) is 13.0 Å². The van der Waals surface area contributed by atoms with Crippen LogP contribution in [0.1, 0.15) is 23.9 Å². The number of rotatable bonds is 4. The Morgan fingerprint density at radius 2 is 1.81 bits per heavy atom. The van der Waals surface area contributed by atoms with Gasteiger partial charge in [0.15, 0.2) is 5.65 Å². The van der Waals surface area contributed by atoms with E-state index in [1.54, 1.807) is 6.20 Å². The maximum absolute atomic E-state index is 9.30. The number of hydrogen-bond donors (Lipinski definition) is 0. The molecule has 0 fully saturated rings. The van der Waals surface area contributed by atoms with Crippen molar-refractivity contribution in [2.24, 2.45) is 0 Å². The molecule has 126 valence electrons. The van der Waals surface area contributed by atoms with Crippen molar-refractivity contribution in [2.45, 2.75) is 19.9 Å². The SMILES string of the molecule is CCc1nc2ncccc2n1Cc1ccc(-c2ccccc2C#N)cc1. The average molecular weight is 338 g/mol. The van der Waals surface area contributed by atoms with Gasteiger partial charge in [-0.2, -0.15) is 5.26 Å². The Balaban J connectivity index is 1.68. The third kappa shape index (κ3) is 2.84. The van der Waals surface area contributed by atoms with Crippen molar-refractivity contribution in [1.82, 2.24) is 14.5 Å². The van der Waals surface area contributed by atoms with Gasteiger partial charge >= 0.3 is 0 Å². The Kier molecular flexibility index (Phi) is 4.20. The minimum absolute atomic E-state index is 0.695. The predicted molar refractivity (Wildman–Crippen MR) is 103 cm³/mol. The molecule has 2 aromatic carbocycles. The van der Waals surface area contributed by atoms with E-state index in [1.807, 2.05) is 30.3 Å². The van der Waals surface area contributed by atoms with Gasteiger partial charge < -0.3 is 4.57 Å². The van der Waals surface area contributed by atoms with Crippen LogP contribution in [0, 0.1) is 11.3 Å². The van der Waals surface area contributed by atoms with Crippen molar-refractivity contribution in [2.75, 3.05) is 0 Å². The van der Waals surface area contributed by atoms with Gasteiger partial charge in [-0.25, -0.2) is 9.97 Å². The zero-order valence-corrected chi connectivity index (χ0v) is 14.6. The zero-order valence-electron chi connectivity index (χ0n) is 14.6. The van der Waals surface area contributed by atoms with Crippen LogP contribution < -0.4 is 0 Å². The molecule has 26 heavy (non-hydrogen) atoms. The van der Waals surface area contributed by atoms with Gasteiger partial charge in [0.05, 0.1) is 17.1 Å². The number of nitriles is 1. The fraction of sp³-hybridized carbons (Fsp3) is 0.136. The van der Waals surface area contributed by atoms with E-state index in [2.05, 4.69) is 57.9 Å². The van der Waals surface area contributed by atoms with Gasteiger partial charge in [-0.1, -0.05) is 49.4 Å². The standard InChI is InChI=1S/C22H18N4/c1-2-21-25-22-20(8-5-13-24-22)26(21)15-16-9-11-17(12-10-16)19-7-4-3-6-18(19)14-23/h3-13H,2,15H2,1H3. The van der Waals surface area contributed by atoms with E-state index in [1.165, 1.54) is 5.56 Å². The van der Waals surface area contributed by atoms with Gasteiger partial charge in [0.25, 0.3) is 0 Å². The number of aryl methyl sites for hydroxylation is 1. The van der Waals surface area contributed by atoms with Crippen molar-refractivity contribution in [3.05, 3.63) is 83.8 Å². The van der Waals surface area contributed by atoms with E-state index in [4.69, 9.17) is 0 Å². The molecule has 0 saturated carbocycles. The van der Waals surface area contributed by atoms with Gasteiger partial charge in [-0.05, 0) is 34.9 Å². The summed E-state index contributed by atoms with van der Waals surface area (Å²) in [5.74, 6) is 1.04. The molecule has 4 aromatic rings. The number of aromatic nitrogens is 3. The molecule has 2 heterocycles. The first kappa shape index (κ1) is 16.0.